The Kier molecular flexibility index (Phi) is 15.4. The van der Waals surface area contributed by atoms with Gasteiger partial charge in [-0.3, -0.25) is 0 Å². The van der Waals surface area contributed by atoms with Crippen molar-refractivity contribution in [3.8, 4) is 18.1 Å². The largest absolute Gasteiger partial charge is 0.489 e. The summed E-state index contributed by atoms with van der Waals surface area (Å²) >= 11 is 0. The Hall–Kier alpha value is -1.94. The lowest BCUT2D eigenvalue weighted by atomic mass is 10.1. The average molecular weight is 272 g/mol. The number of terminal acetylenes is 1. The van der Waals surface area contributed by atoms with Crippen LogP contribution in [0.15, 0.2) is 48.6 Å². The molecule has 1 aromatic rings. The fraction of sp³-hybridized carbons (Fsp3) is 0.368. The highest BCUT2D eigenvalue weighted by molar-refractivity contribution is 5.34. The van der Waals surface area contributed by atoms with Crippen LogP contribution >= 0.6 is 0 Å². The number of allylic oxidation sites excluding steroid dienone is 2. The van der Waals surface area contributed by atoms with Crippen LogP contribution in [0.1, 0.15) is 40.2 Å². The number of rotatable bonds is 5. The smallest absolute Gasteiger partial charge is 0.123 e. The predicted molar refractivity (Wildman–Crippen MR) is 91.1 cm³/mol. The van der Waals surface area contributed by atoms with Gasteiger partial charge in [-0.15, -0.1) is 18.9 Å². The summed E-state index contributed by atoms with van der Waals surface area (Å²) in [5.74, 6) is 3.21. The molecule has 0 unspecified atom stereocenters. The molecule has 1 nitrogen and oxygen atoms in total. The molecular formula is C19H28O. The van der Waals surface area contributed by atoms with Crippen molar-refractivity contribution in [2.45, 2.75) is 41.0 Å². The number of ether oxygens (including phenoxy) is 1. The van der Waals surface area contributed by atoms with E-state index < -0.39 is 0 Å². The van der Waals surface area contributed by atoms with Gasteiger partial charge in [-0.25, -0.2) is 0 Å². The van der Waals surface area contributed by atoms with E-state index in [9.17, 15) is 0 Å². The molecule has 0 spiro atoms. The maximum atomic E-state index is 5.73. The Morgan fingerprint density at radius 1 is 1.35 bits per heavy atom. The quantitative estimate of drug-likeness (QED) is 0.513. The summed E-state index contributed by atoms with van der Waals surface area (Å²) in [5.41, 5.74) is 2.43. The van der Waals surface area contributed by atoms with Crippen LogP contribution < -0.4 is 4.74 Å². The number of hydrogen-bond acceptors (Lipinski definition) is 1. The van der Waals surface area contributed by atoms with Gasteiger partial charge in [-0.1, -0.05) is 44.2 Å². The Morgan fingerprint density at radius 3 is 2.40 bits per heavy atom. The number of para-hydroxylation sites is 1. The normalized spacial score (nSPS) is 9.10. The summed E-state index contributed by atoms with van der Waals surface area (Å²) in [6, 6.07) is 8.09. The van der Waals surface area contributed by atoms with E-state index in [0.717, 1.165) is 12.2 Å². The number of benzene rings is 1. The molecule has 0 amide bonds. The molecule has 0 saturated heterocycles. The van der Waals surface area contributed by atoms with Crippen LogP contribution in [-0.4, -0.2) is 6.61 Å². The first-order chi connectivity index (χ1) is 9.69. The van der Waals surface area contributed by atoms with E-state index in [2.05, 4.69) is 38.0 Å². The van der Waals surface area contributed by atoms with Gasteiger partial charge in [0.15, 0.2) is 0 Å². The van der Waals surface area contributed by atoms with E-state index in [1.165, 1.54) is 11.1 Å². The first kappa shape index (κ1) is 20.4. The summed E-state index contributed by atoms with van der Waals surface area (Å²) in [4.78, 5) is 0. The van der Waals surface area contributed by atoms with Gasteiger partial charge in [0.2, 0.25) is 0 Å². The molecular weight excluding hydrogens is 244 g/mol. The van der Waals surface area contributed by atoms with E-state index >= 15 is 0 Å². The van der Waals surface area contributed by atoms with Crippen LogP contribution in [0.2, 0.25) is 0 Å². The molecule has 0 saturated carbocycles. The molecule has 0 bridgehead atoms. The van der Waals surface area contributed by atoms with Gasteiger partial charge in [-0.2, -0.15) is 0 Å². The Balaban J connectivity index is 0. The molecule has 20 heavy (non-hydrogen) atoms. The summed E-state index contributed by atoms with van der Waals surface area (Å²) in [6.07, 6.45) is 9.41. The highest BCUT2D eigenvalue weighted by atomic mass is 16.5. The molecule has 0 heterocycles. The van der Waals surface area contributed by atoms with Gasteiger partial charge in [0.05, 0.1) is 0 Å². The van der Waals surface area contributed by atoms with E-state index in [0.29, 0.717) is 6.61 Å². The minimum absolute atomic E-state index is 0.657. The van der Waals surface area contributed by atoms with Gasteiger partial charge in [-0.05, 0) is 44.4 Å². The maximum absolute atomic E-state index is 5.73. The zero-order chi connectivity index (χ0) is 15.8. The SMILES string of the molecule is C#CC.C=CCc1ccccc1OC/C(C)=C\C.CC. The summed E-state index contributed by atoms with van der Waals surface area (Å²) in [6.45, 7) is 14.1. The predicted octanol–water partition coefficient (Wildman–Crippen LogP) is 5.43. The third kappa shape index (κ3) is 10.0. The highest BCUT2D eigenvalue weighted by Crippen LogP contribution is 2.19. The first-order valence-corrected chi connectivity index (χ1v) is 7.00. The molecule has 110 valence electrons. The van der Waals surface area contributed by atoms with Crippen molar-refractivity contribution in [3.63, 3.8) is 0 Å². The fourth-order valence-electron chi connectivity index (χ4n) is 1.24. The molecule has 0 fully saturated rings. The number of hydrogen-bond donors (Lipinski definition) is 0. The van der Waals surface area contributed by atoms with Crippen molar-refractivity contribution >= 4 is 0 Å². The van der Waals surface area contributed by atoms with E-state index in [1.807, 2.05) is 45.0 Å². The zero-order valence-corrected chi connectivity index (χ0v) is 13.6. The second-order valence-corrected chi connectivity index (χ2v) is 3.81. The van der Waals surface area contributed by atoms with Crippen LogP contribution in [0.5, 0.6) is 5.75 Å². The third-order valence-corrected chi connectivity index (χ3v) is 2.29. The lowest BCUT2D eigenvalue weighted by Gasteiger charge is -2.10. The molecule has 0 radical (unpaired) electrons. The molecule has 0 atom stereocenters. The minimum atomic E-state index is 0.657. The van der Waals surface area contributed by atoms with Crippen LogP contribution in [0.25, 0.3) is 0 Å². The monoisotopic (exact) mass is 272 g/mol. The first-order valence-electron chi connectivity index (χ1n) is 7.00. The second kappa shape index (κ2) is 15.1. The fourth-order valence-corrected chi connectivity index (χ4v) is 1.24. The zero-order valence-electron chi connectivity index (χ0n) is 13.6. The Morgan fingerprint density at radius 2 is 1.90 bits per heavy atom. The van der Waals surface area contributed by atoms with Crippen molar-refractivity contribution in [1.82, 2.24) is 0 Å². The van der Waals surface area contributed by atoms with Gasteiger partial charge < -0.3 is 4.74 Å². The van der Waals surface area contributed by atoms with E-state index in [1.54, 1.807) is 6.92 Å². The topological polar surface area (TPSA) is 9.23 Å². The Bertz CT molecular complexity index is 422. The van der Waals surface area contributed by atoms with Gasteiger partial charge in [0, 0.05) is 0 Å². The Labute approximate surface area is 125 Å². The van der Waals surface area contributed by atoms with Crippen LogP contribution in [-0.2, 0) is 6.42 Å². The molecule has 1 rings (SSSR count). The molecule has 0 aliphatic heterocycles. The van der Waals surface area contributed by atoms with Crippen molar-refractivity contribution in [3.05, 3.63) is 54.1 Å². The van der Waals surface area contributed by atoms with Gasteiger partial charge >= 0.3 is 0 Å². The molecule has 0 N–H and O–H groups in total. The molecule has 1 heteroatoms. The lowest BCUT2D eigenvalue weighted by Crippen LogP contribution is -2.00. The third-order valence-electron chi connectivity index (χ3n) is 2.29. The molecule has 0 aliphatic rings. The van der Waals surface area contributed by atoms with Gasteiger partial charge in [0.1, 0.15) is 12.4 Å². The maximum Gasteiger partial charge on any atom is 0.123 e. The second-order valence-electron chi connectivity index (χ2n) is 3.81. The molecule has 0 aromatic heterocycles. The van der Waals surface area contributed by atoms with E-state index in [-0.39, 0.29) is 0 Å². The molecule has 1 aromatic carbocycles. The van der Waals surface area contributed by atoms with Crippen molar-refractivity contribution < 1.29 is 4.74 Å². The van der Waals surface area contributed by atoms with E-state index in [4.69, 9.17) is 4.74 Å². The van der Waals surface area contributed by atoms with Crippen LogP contribution in [0.3, 0.4) is 0 Å². The van der Waals surface area contributed by atoms with Crippen LogP contribution in [0, 0.1) is 12.3 Å². The lowest BCUT2D eigenvalue weighted by molar-refractivity contribution is 0.349. The summed E-state index contributed by atoms with van der Waals surface area (Å²) in [7, 11) is 0. The van der Waals surface area contributed by atoms with Crippen molar-refractivity contribution in [2.24, 2.45) is 0 Å². The highest BCUT2D eigenvalue weighted by Gasteiger charge is 2.00. The minimum Gasteiger partial charge on any atom is -0.489 e. The summed E-state index contributed by atoms with van der Waals surface area (Å²) < 4.78 is 5.73. The average Bonchev–Trinajstić information content (AvgIpc) is 2.49. The summed E-state index contributed by atoms with van der Waals surface area (Å²) in [5, 5.41) is 0. The molecule has 0 aliphatic carbocycles. The van der Waals surface area contributed by atoms with Crippen LogP contribution in [0.4, 0.5) is 0 Å². The van der Waals surface area contributed by atoms with Gasteiger partial charge in [0.25, 0.3) is 0 Å². The van der Waals surface area contributed by atoms with Crippen molar-refractivity contribution in [2.75, 3.05) is 6.61 Å². The van der Waals surface area contributed by atoms with Crippen molar-refractivity contribution in [1.29, 1.82) is 0 Å². The standard InChI is InChI=1S/C14H18O.C3H4.C2H6/c1-4-8-13-9-6-7-10-14(13)15-11-12(3)5-2;1-3-2;1-2/h4-7,9-10H,1,8,11H2,2-3H3;1H,2H3;1-2H3/b12-5-;;.